The normalized spacial score (nSPS) is 20.5. The highest BCUT2D eigenvalue weighted by Gasteiger charge is 2.04. The Kier molecular flexibility index (Phi) is 8.76. The summed E-state index contributed by atoms with van der Waals surface area (Å²) in [5.41, 5.74) is -0.723. The number of carbonyl (C=O) groups is 1. The summed E-state index contributed by atoms with van der Waals surface area (Å²) >= 11 is 4.86. The van der Waals surface area contributed by atoms with Gasteiger partial charge < -0.3 is 14.8 Å². The minimum Gasteiger partial charge on any atom is -0.453 e. The predicted molar refractivity (Wildman–Crippen MR) is 60.3 cm³/mol. The van der Waals surface area contributed by atoms with Crippen LogP contribution in [0.25, 0.3) is 0 Å². The van der Waals surface area contributed by atoms with Gasteiger partial charge in [-0.2, -0.15) is 0 Å². The van der Waals surface area contributed by atoms with Crippen LogP contribution in [0.2, 0.25) is 0 Å². The van der Waals surface area contributed by atoms with Gasteiger partial charge in [-0.1, -0.05) is 13.8 Å². The molecule has 0 aromatic heterocycles. The lowest BCUT2D eigenvalue weighted by atomic mass is 10.2. The fourth-order valence-electron chi connectivity index (χ4n) is 0.929. The summed E-state index contributed by atoms with van der Waals surface area (Å²) in [5, 5.41) is 3.21. The van der Waals surface area contributed by atoms with E-state index in [-0.39, 0.29) is 0 Å². The van der Waals surface area contributed by atoms with Crippen LogP contribution in [0.4, 0.5) is 4.79 Å². The van der Waals surface area contributed by atoms with Gasteiger partial charge in [0.2, 0.25) is 0 Å². The van der Waals surface area contributed by atoms with E-state index >= 15 is 0 Å². The molecule has 0 saturated carbocycles. The van der Waals surface area contributed by atoms with Gasteiger partial charge in [-0.3, -0.25) is 0 Å². The first-order valence-corrected chi connectivity index (χ1v) is 5.54. The fraction of sp³-hybridized carbons (Fsp3) is 0.900. The molecule has 1 aliphatic heterocycles. The van der Waals surface area contributed by atoms with Gasteiger partial charge >= 0.3 is 5.43 Å². The number of nitrogens with one attached hydrogen (secondary N) is 1. The molecule has 1 N–H and O–H groups in total. The molecule has 1 atom stereocenters. The third-order valence-corrected chi connectivity index (χ3v) is 1.75. The van der Waals surface area contributed by atoms with Crippen molar-refractivity contribution in [3.8, 4) is 0 Å². The van der Waals surface area contributed by atoms with Gasteiger partial charge in [0.25, 0.3) is 0 Å². The van der Waals surface area contributed by atoms with Gasteiger partial charge in [-0.05, 0) is 12.8 Å². The average molecular weight is 238 g/mol. The highest BCUT2D eigenvalue weighted by atomic mass is 35.5. The molecule has 0 bridgehead atoms. The standard InChI is InChI=1S/C5H9ClO2.C5H11NO/c1-4(2)3-8-5(6)7;1-5-4-6-2-3-7-5/h4H,3H2,1-2H3;5-6H,2-4H2,1H3. The average Bonchev–Trinajstić information content (AvgIpc) is 2.17. The van der Waals surface area contributed by atoms with E-state index in [1.165, 1.54) is 0 Å². The van der Waals surface area contributed by atoms with Crippen molar-refractivity contribution in [2.24, 2.45) is 5.92 Å². The summed E-state index contributed by atoms with van der Waals surface area (Å²) in [6.45, 7) is 9.28. The Balaban J connectivity index is 0.000000262. The predicted octanol–water partition coefficient (Wildman–Crippen LogP) is 2.01. The molecule has 4 nitrogen and oxygen atoms in total. The first kappa shape index (κ1) is 14.7. The zero-order valence-electron chi connectivity index (χ0n) is 9.59. The van der Waals surface area contributed by atoms with Crippen molar-refractivity contribution >= 4 is 17.0 Å². The second-order valence-corrected chi connectivity index (χ2v) is 4.14. The monoisotopic (exact) mass is 237 g/mol. The van der Waals surface area contributed by atoms with Crippen molar-refractivity contribution in [2.45, 2.75) is 26.9 Å². The molecule has 0 amide bonds. The van der Waals surface area contributed by atoms with E-state index in [1.807, 2.05) is 13.8 Å². The summed E-state index contributed by atoms with van der Waals surface area (Å²) in [6, 6.07) is 0. The van der Waals surface area contributed by atoms with E-state index in [0.717, 1.165) is 19.7 Å². The van der Waals surface area contributed by atoms with Crippen LogP contribution in [0.5, 0.6) is 0 Å². The third-order valence-electron chi connectivity index (χ3n) is 1.64. The molecule has 0 aliphatic carbocycles. The maximum Gasteiger partial charge on any atom is 0.403 e. The van der Waals surface area contributed by atoms with Crippen molar-refractivity contribution < 1.29 is 14.3 Å². The first-order valence-electron chi connectivity index (χ1n) is 5.17. The second kappa shape index (κ2) is 8.95. The minimum atomic E-state index is -0.723. The number of hydrogen-bond acceptors (Lipinski definition) is 4. The van der Waals surface area contributed by atoms with Gasteiger partial charge in [0.1, 0.15) is 0 Å². The number of rotatable bonds is 2. The van der Waals surface area contributed by atoms with Crippen LogP contribution in [-0.4, -0.2) is 37.8 Å². The molecule has 0 aromatic carbocycles. The topological polar surface area (TPSA) is 47.6 Å². The smallest absolute Gasteiger partial charge is 0.403 e. The molecule has 0 aromatic rings. The second-order valence-electron chi connectivity index (χ2n) is 3.83. The van der Waals surface area contributed by atoms with Crippen molar-refractivity contribution in [2.75, 3.05) is 26.3 Å². The molecule has 90 valence electrons. The van der Waals surface area contributed by atoms with E-state index in [1.54, 1.807) is 0 Å². The molecular weight excluding hydrogens is 218 g/mol. The zero-order valence-corrected chi connectivity index (χ0v) is 10.3. The minimum absolute atomic E-state index is 0.359. The van der Waals surface area contributed by atoms with Crippen LogP contribution < -0.4 is 5.32 Å². The van der Waals surface area contributed by atoms with Gasteiger partial charge in [0, 0.05) is 24.7 Å². The van der Waals surface area contributed by atoms with Gasteiger partial charge in [-0.15, -0.1) is 0 Å². The number of carbonyl (C=O) groups excluding carboxylic acids is 1. The fourth-order valence-corrected chi connectivity index (χ4v) is 0.992. The van der Waals surface area contributed by atoms with Crippen molar-refractivity contribution in [1.29, 1.82) is 0 Å². The van der Waals surface area contributed by atoms with Crippen molar-refractivity contribution in [3.05, 3.63) is 0 Å². The van der Waals surface area contributed by atoms with E-state index < -0.39 is 5.43 Å². The van der Waals surface area contributed by atoms with Crippen molar-refractivity contribution in [3.63, 3.8) is 0 Å². The Morgan fingerprint density at radius 2 is 2.33 bits per heavy atom. The molecule has 1 aliphatic rings. The molecule has 5 heteroatoms. The Morgan fingerprint density at radius 1 is 1.67 bits per heavy atom. The molecule has 1 saturated heterocycles. The van der Waals surface area contributed by atoms with Crippen LogP contribution >= 0.6 is 11.6 Å². The quantitative estimate of drug-likeness (QED) is 0.747. The molecular formula is C10H20ClNO3. The third kappa shape index (κ3) is 11.6. The Bertz CT molecular complexity index is 170. The maximum absolute atomic E-state index is 9.89. The van der Waals surface area contributed by atoms with Crippen molar-refractivity contribution in [1.82, 2.24) is 5.32 Å². The summed E-state index contributed by atoms with van der Waals surface area (Å²) in [6.07, 6.45) is 0.425. The van der Waals surface area contributed by atoms with E-state index in [9.17, 15) is 4.79 Å². The van der Waals surface area contributed by atoms with E-state index in [0.29, 0.717) is 18.6 Å². The van der Waals surface area contributed by atoms with Crippen LogP contribution in [0.15, 0.2) is 0 Å². The molecule has 0 spiro atoms. The number of halogens is 1. The Morgan fingerprint density at radius 3 is 2.53 bits per heavy atom. The molecule has 1 heterocycles. The van der Waals surface area contributed by atoms with Crippen LogP contribution in [0, 0.1) is 5.92 Å². The SMILES string of the molecule is CC(C)COC(=O)Cl.CC1CNCCO1. The summed E-state index contributed by atoms with van der Waals surface area (Å²) < 4.78 is 9.65. The molecule has 1 fully saturated rings. The molecule has 15 heavy (non-hydrogen) atoms. The first-order chi connectivity index (χ1) is 7.02. The van der Waals surface area contributed by atoms with Crippen LogP contribution in [0.1, 0.15) is 20.8 Å². The van der Waals surface area contributed by atoms with E-state index in [2.05, 4.69) is 17.0 Å². The zero-order chi connectivity index (χ0) is 11.7. The van der Waals surface area contributed by atoms with Gasteiger partial charge in [0.05, 0.1) is 19.3 Å². The lowest BCUT2D eigenvalue weighted by molar-refractivity contribution is 0.0410. The van der Waals surface area contributed by atoms with Crippen LogP contribution in [-0.2, 0) is 9.47 Å². The Labute approximate surface area is 96.3 Å². The summed E-state index contributed by atoms with van der Waals surface area (Å²) in [5.74, 6) is 0.359. The van der Waals surface area contributed by atoms with Gasteiger partial charge in [0.15, 0.2) is 0 Å². The van der Waals surface area contributed by atoms with Crippen LogP contribution in [0.3, 0.4) is 0 Å². The molecule has 0 radical (unpaired) electrons. The summed E-state index contributed by atoms with van der Waals surface area (Å²) in [7, 11) is 0. The highest BCUT2D eigenvalue weighted by Crippen LogP contribution is 1.94. The lowest BCUT2D eigenvalue weighted by Gasteiger charge is -2.18. The van der Waals surface area contributed by atoms with E-state index in [4.69, 9.17) is 16.3 Å². The summed E-state index contributed by atoms with van der Waals surface area (Å²) in [4.78, 5) is 9.89. The Hall–Kier alpha value is -0.320. The maximum atomic E-state index is 9.89. The largest absolute Gasteiger partial charge is 0.453 e. The number of morpholine rings is 1. The van der Waals surface area contributed by atoms with Gasteiger partial charge in [-0.25, -0.2) is 4.79 Å². The molecule has 1 rings (SSSR count). The lowest BCUT2D eigenvalue weighted by Crippen LogP contribution is -2.36. The number of ether oxygens (including phenoxy) is 2. The number of hydrogen-bond donors (Lipinski definition) is 1. The molecule has 1 unspecified atom stereocenters. The highest BCUT2D eigenvalue weighted by molar-refractivity contribution is 6.61.